The highest BCUT2D eigenvalue weighted by Crippen LogP contribution is 2.31. The topological polar surface area (TPSA) is 84.6 Å². The number of phenols is 1. The largest absolute Gasteiger partial charge is 0.506 e. The summed E-state index contributed by atoms with van der Waals surface area (Å²) in [5.41, 5.74) is 5.46. The molecule has 4 N–H and O–H groups in total. The molecule has 0 aromatic heterocycles. The molecular weight excluding hydrogens is 256 g/mol. The van der Waals surface area contributed by atoms with E-state index in [2.05, 4.69) is 5.32 Å². The number of phenolic OH excluding ortho intramolecular Hbond substituents is 1. The van der Waals surface area contributed by atoms with E-state index < -0.39 is 11.6 Å². The van der Waals surface area contributed by atoms with Crippen molar-refractivity contribution in [2.45, 2.75) is 32.3 Å². The van der Waals surface area contributed by atoms with E-state index in [1.807, 2.05) is 13.8 Å². The van der Waals surface area contributed by atoms with E-state index in [0.29, 0.717) is 5.92 Å². The summed E-state index contributed by atoms with van der Waals surface area (Å²) >= 11 is 0. The van der Waals surface area contributed by atoms with Gasteiger partial charge in [0.1, 0.15) is 11.4 Å². The minimum atomic E-state index is -0.545. The van der Waals surface area contributed by atoms with Crippen LogP contribution in [0.3, 0.4) is 0 Å². The Balaban J connectivity index is 2.11. The molecule has 1 aliphatic heterocycles. The van der Waals surface area contributed by atoms with Gasteiger partial charge in [-0.15, -0.1) is 0 Å². The highest BCUT2D eigenvalue weighted by Gasteiger charge is 2.34. The van der Waals surface area contributed by atoms with E-state index in [4.69, 9.17) is 10.5 Å². The number of carbonyl (C=O) groups excluding carboxylic acids is 1. The number of piperidine rings is 1. The van der Waals surface area contributed by atoms with Gasteiger partial charge >= 0.3 is 5.97 Å². The third-order valence-electron chi connectivity index (χ3n) is 3.98. The summed E-state index contributed by atoms with van der Waals surface area (Å²) < 4.78 is 5.64. The molecule has 1 aromatic carbocycles. The van der Waals surface area contributed by atoms with Crippen LogP contribution in [0.4, 0.5) is 5.69 Å². The summed E-state index contributed by atoms with van der Waals surface area (Å²) in [6.45, 7) is 5.75. The predicted molar refractivity (Wildman–Crippen MR) is 77.6 cm³/mol. The van der Waals surface area contributed by atoms with Crippen molar-refractivity contribution in [1.82, 2.24) is 5.32 Å². The number of para-hydroxylation sites is 1. The summed E-state index contributed by atoms with van der Waals surface area (Å²) in [6.07, 6.45) is 1.96. The maximum Gasteiger partial charge on any atom is 0.340 e. The second-order valence-electron chi connectivity index (χ2n) is 5.76. The minimum Gasteiger partial charge on any atom is -0.506 e. The van der Waals surface area contributed by atoms with Crippen LogP contribution < -0.4 is 11.1 Å². The molecule has 0 spiro atoms. The number of hydrogen-bond acceptors (Lipinski definition) is 5. The average Bonchev–Trinajstić information content (AvgIpc) is 2.42. The van der Waals surface area contributed by atoms with E-state index in [1.54, 1.807) is 12.1 Å². The molecule has 0 bridgehead atoms. The van der Waals surface area contributed by atoms with Crippen molar-refractivity contribution in [2.24, 2.45) is 5.92 Å². The number of ether oxygens (including phenoxy) is 1. The van der Waals surface area contributed by atoms with Gasteiger partial charge in [-0.05, 0) is 51.9 Å². The Morgan fingerprint density at radius 2 is 2.05 bits per heavy atom. The van der Waals surface area contributed by atoms with E-state index in [0.717, 1.165) is 25.9 Å². The van der Waals surface area contributed by atoms with Crippen molar-refractivity contribution in [2.75, 3.05) is 18.8 Å². The lowest BCUT2D eigenvalue weighted by Crippen LogP contribution is -2.42. The molecule has 1 heterocycles. The number of nitrogens with one attached hydrogen (secondary N) is 1. The van der Waals surface area contributed by atoms with Crippen molar-refractivity contribution >= 4 is 11.7 Å². The smallest absolute Gasteiger partial charge is 0.340 e. The lowest BCUT2D eigenvalue weighted by atomic mass is 9.83. The third kappa shape index (κ3) is 3.04. The van der Waals surface area contributed by atoms with Crippen LogP contribution in [0.15, 0.2) is 18.2 Å². The van der Waals surface area contributed by atoms with E-state index in [9.17, 15) is 9.90 Å². The Labute approximate surface area is 119 Å². The van der Waals surface area contributed by atoms with Crippen LogP contribution in [0.5, 0.6) is 5.75 Å². The first-order valence-corrected chi connectivity index (χ1v) is 6.93. The summed E-state index contributed by atoms with van der Waals surface area (Å²) in [4.78, 5) is 12.2. The van der Waals surface area contributed by atoms with Gasteiger partial charge in [0.25, 0.3) is 0 Å². The van der Waals surface area contributed by atoms with Crippen LogP contribution in [0, 0.1) is 5.92 Å². The molecule has 0 amide bonds. The zero-order valence-electron chi connectivity index (χ0n) is 12.0. The van der Waals surface area contributed by atoms with Gasteiger partial charge in [0.2, 0.25) is 0 Å². The highest BCUT2D eigenvalue weighted by molar-refractivity contribution is 5.96. The average molecular weight is 278 g/mol. The van der Waals surface area contributed by atoms with Gasteiger partial charge < -0.3 is 20.9 Å². The van der Waals surface area contributed by atoms with Gasteiger partial charge in [0, 0.05) is 5.92 Å². The maximum atomic E-state index is 12.2. The summed E-state index contributed by atoms with van der Waals surface area (Å²) in [5.74, 6) is -0.257. The second kappa shape index (κ2) is 5.71. The number of benzene rings is 1. The van der Waals surface area contributed by atoms with E-state index >= 15 is 0 Å². The third-order valence-corrected chi connectivity index (χ3v) is 3.98. The minimum absolute atomic E-state index is 0.0682. The Bertz CT molecular complexity index is 494. The molecule has 0 atom stereocenters. The van der Waals surface area contributed by atoms with Crippen LogP contribution in [-0.2, 0) is 4.74 Å². The fraction of sp³-hybridized carbons (Fsp3) is 0.533. The van der Waals surface area contributed by atoms with Gasteiger partial charge in [0.05, 0.1) is 11.3 Å². The van der Waals surface area contributed by atoms with Crippen molar-refractivity contribution < 1.29 is 14.6 Å². The monoisotopic (exact) mass is 278 g/mol. The number of nitrogen functional groups attached to an aromatic ring is 1. The van der Waals surface area contributed by atoms with Crippen LogP contribution in [0.2, 0.25) is 0 Å². The molecule has 0 radical (unpaired) electrons. The van der Waals surface area contributed by atoms with Crippen molar-refractivity contribution in [3.8, 4) is 5.75 Å². The van der Waals surface area contributed by atoms with Crippen LogP contribution in [-0.4, -0.2) is 29.8 Å². The quantitative estimate of drug-likeness (QED) is 0.447. The number of carbonyl (C=O) groups is 1. The van der Waals surface area contributed by atoms with E-state index in [-0.39, 0.29) is 17.0 Å². The fourth-order valence-electron chi connectivity index (χ4n) is 2.63. The normalized spacial score (nSPS) is 16.9. The molecule has 1 saturated heterocycles. The molecule has 2 rings (SSSR count). The molecule has 0 unspecified atom stereocenters. The summed E-state index contributed by atoms with van der Waals surface area (Å²) in [6, 6.07) is 4.60. The van der Waals surface area contributed by atoms with Gasteiger partial charge in [0.15, 0.2) is 0 Å². The number of nitrogens with two attached hydrogens (primary N) is 1. The van der Waals surface area contributed by atoms with Crippen LogP contribution in [0.25, 0.3) is 0 Å². The molecule has 110 valence electrons. The molecule has 5 nitrogen and oxygen atoms in total. The number of aromatic hydroxyl groups is 1. The lowest BCUT2D eigenvalue weighted by molar-refractivity contribution is -0.0367. The van der Waals surface area contributed by atoms with Crippen molar-refractivity contribution in [1.29, 1.82) is 0 Å². The highest BCUT2D eigenvalue weighted by atomic mass is 16.6. The number of esters is 1. The van der Waals surface area contributed by atoms with Crippen molar-refractivity contribution in [3.63, 3.8) is 0 Å². The molecule has 5 heteroatoms. The van der Waals surface area contributed by atoms with Gasteiger partial charge in [-0.1, -0.05) is 6.07 Å². The van der Waals surface area contributed by atoms with Crippen LogP contribution >= 0.6 is 0 Å². The molecule has 1 fully saturated rings. The second-order valence-corrected chi connectivity index (χ2v) is 5.76. The van der Waals surface area contributed by atoms with Gasteiger partial charge in [-0.2, -0.15) is 0 Å². The first kappa shape index (κ1) is 14.7. The first-order valence-electron chi connectivity index (χ1n) is 6.93. The fourth-order valence-corrected chi connectivity index (χ4v) is 2.63. The summed E-state index contributed by atoms with van der Waals surface area (Å²) in [7, 11) is 0. The van der Waals surface area contributed by atoms with Gasteiger partial charge in [-0.3, -0.25) is 0 Å². The lowest BCUT2D eigenvalue weighted by Gasteiger charge is -2.36. The molecule has 0 saturated carbocycles. The van der Waals surface area contributed by atoms with Crippen molar-refractivity contribution in [3.05, 3.63) is 23.8 Å². The van der Waals surface area contributed by atoms with Crippen LogP contribution in [0.1, 0.15) is 37.0 Å². The zero-order chi connectivity index (χ0) is 14.8. The molecule has 20 heavy (non-hydrogen) atoms. The first-order chi connectivity index (χ1) is 9.42. The number of anilines is 1. The number of rotatable bonds is 3. The Morgan fingerprint density at radius 1 is 1.40 bits per heavy atom. The van der Waals surface area contributed by atoms with E-state index in [1.165, 1.54) is 6.07 Å². The Kier molecular flexibility index (Phi) is 4.18. The standard InChI is InChI=1S/C15H22N2O3/c1-15(2,10-6-8-17-9-7-10)20-14(19)11-4-3-5-12(18)13(11)16/h3-5,10,17-18H,6-9,16H2,1-2H3. The Hall–Kier alpha value is -1.75. The molecule has 1 aliphatic rings. The summed E-state index contributed by atoms with van der Waals surface area (Å²) in [5, 5.41) is 12.8. The number of hydrogen-bond donors (Lipinski definition) is 3. The molecule has 1 aromatic rings. The molecular formula is C15H22N2O3. The zero-order valence-corrected chi connectivity index (χ0v) is 12.0. The maximum absolute atomic E-state index is 12.2. The SMILES string of the molecule is CC(C)(OC(=O)c1cccc(O)c1N)C1CCNCC1. The predicted octanol–water partition coefficient (Wildman–Crippen LogP) is 1.91. The van der Waals surface area contributed by atoms with Gasteiger partial charge in [-0.25, -0.2) is 4.79 Å². The molecule has 0 aliphatic carbocycles. The Morgan fingerprint density at radius 3 is 2.70 bits per heavy atom.